The van der Waals surface area contributed by atoms with Crippen LogP contribution in [0.3, 0.4) is 0 Å². The number of aliphatic hydroxyl groups is 1. The fraction of sp³-hybridized carbons (Fsp3) is 0.600. The van der Waals surface area contributed by atoms with Gasteiger partial charge in [-0.05, 0) is 25.0 Å². The van der Waals surface area contributed by atoms with Crippen molar-refractivity contribution in [3.8, 4) is 5.75 Å². The van der Waals surface area contributed by atoms with Crippen molar-refractivity contribution in [1.82, 2.24) is 4.67 Å². The van der Waals surface area contributed by atoms with E-state index in [-0.39, 0.29) is 68.0 Å². The van der Waals surface area contributed by atoms with Gasteiger partial charge in [0.1, 0.15) is 12.5 Å². The van der Waals surface area contributed by atoms with E-state index in [4.69, 9.17) is 43.7 Å². The zero-order chi connectivity index (χ0) is 21.2. The molecule has 1 rings (SSSR count). The summed E-state index contributed by atoms with van der Waals surface area (Å²) in [6.07, 6.45) is -0.646. The Bertz CT molecular complexity index is 678. The summed E-state index contributed by atoms with van der Waals surface area (Å²) in [7, 11) is -3.88. The number of benzene rings is 1. The third-order valence-electron chi connectivity index (χ3n) is 3.77. The summed E-state index contributed by atoms with van der Waals surface area (Å²) in [5, 5.41) is 20.6. The molecule has 13 heteroatoms. The molecule has 0 heterocycles. The number of nitro groups is 1. The molecule has 0 bridgehead atoms. The van der Waals surface area contributed by atoms with E-state index in [1.807, 2.05) is 0 Å². The Morgan fingerprint density at radius 1 is 1.32 bits per heavy atom. The van der Waals surface area contributed by atoms with Gasteiger partial charge in [-0.25, -0.2) is 10.2 Å². The Morgan fingerprint density at radius 2 is 1.96 bits per heavy atom. The molecule has 0 saturated heterocycles. The predicted octanol–water partition coefficient (Wildman–Crippen LogP) is 2.57. The van der Waals surface area contributed by atoms with E-state index in [1.54, 1.807) is 0 Å². The van der Waals surface area contributed by atoms with E-state index in [1.165, 1.54) is 22.9 Å². The molecule has 0 aliphatic rings. The van der Waals surface area contributed by atoms with Gasteiger partial charge < -0.3 is 9.84 Å². The van der Waals surface area contributed by atoms with Crippen molar-refractivity contribution in [2.45, 2.75) is 18.9 Å². The first-order chi connectivity index (χ1) is 13.3. The van der Waals surface area contributed by atoms with Crippen LogP contribution in [-0.4, -0.2) is 52.9 Å². The molecule has 160 valence electrons. The number of nitrogens with two attached hydrogens (primary N) is 2. The first-order valence-electron chi connectivity index (χ1n) is 8.47. The molecule has 10 nitrogen and oxygen atoms in total. The molecule has 2 unspecified atom stereocenters. The van der Waals surface area contributed by atoms with Crippen LogP contribution < -0.4 is 16.0 Å². The van der Waals surface area contributed by atoms with Crippen LogP contribution in [0, 0.1) is 10.1 Å². The lowest BCUT2D eigenvalue weighted by atomic mass is 10.0. The fourth-order valence-corrected chi connectivity index (χ4v) is 4.64. The molecule has 1 aromatic rings. The zero-order valence-corrected chi connectivity index (χ0v) is 17.6. The molecule has 1 aromatic carbocycles. The molecule has 0 aliphatic heterocycles. The maximum absolute atomic E-state index is 13.0. The zero-order valence-electron chi connectivity index (χ0n) is 15.2. The third-order valence-corrected chi connectivity index (χ3v) is 5.86. The smallest absolute Gasteiger partial charge is 0.341 e. The van der Waals surface area contributed by atoms with Crippen molar-refractivity contribution in [3.05, 3.63) is 33.9 Å². The topological polar surface area (TPSA) is 154 Å². The molecule has 2 atom stereocenters. The number of hydrogen-bond acceptors (Lipinski definition) is 7. The van der Waals surface area contributed by atoms with Gasteiger partial charge in [-0.3, -0.25) is 24.9 Å². The first kappa shape index (κ1) is 25.1. The van der Waals surface area contributed by atoms with Crippen LogP contribution in [0.1, 0.15) is 24.5 Å². The predicted molar refractivity (Wildman–Crippen MR) is 108 cm³/mol. The lowest BCUT2D eigenvalue weighted by Gasteiger charge is -2.30. The monoisotopic (exact) mass is 458 g/mol. The van der Waals surface area contributed by atoms with E-state index in [9.17, 15) is 19.8 Å². The number of nitro benzene ring substituents is 1. The van der Waals surface area contributed by atoms with Crippen LogP contribution in [0.4, 0.5) is 5.69 Å². The van der Waals surface area contributed by atoms with Crippen molar-refractivity contribution < 1.29 is 23.9 Å². The standard InChI is InChI=1S/C15H25Cl2N4O6P/c16-5-7-20(8-6-17)28(19,25)27-15(2-1-9-22)13-10-12(26-11-18)3-4-14(13)21(23)24/h3-4,10,15,22H,1-2,5-9,11,18H2,(H2,19,25). The molecule has 0 radical (unpaired) electrons. The van der Waals surface area contributed by atoms with Gasteiger partial charge in [0, 0.05) is 37.5 Å². The Kier molecular flexibility index (Phi) is 11.2. The molecule has 5 N–H and O–H groups in total. The van der Waals surface area contributed by atoms with Gasteiger partial charge in [0.15, 0.2) is 0 Å². The summed E-state index contributed by atoms with van der Waals surface area (Å²) >= 11 is 11.5. The van der Waals surface area contributed by atoms with Crippen molar-refractivity contribution in [1.29, 1.82) is 0 Å². The highest BCUT2D eigenvalue weighted by molar-refractivity contribution is 7.53. The Labute approximate surface area is 173 Å². The second-order valence-electron chi connectivity index (χ2n) is 5.64. The van der Waals surface area contributed by atoms with Crippen LogP contribution in [0.25, 0.3) is 0 Å². The molecule has 0 saturated carbocycles. The van der Waals surface area contributed by atoms with Crippen LogP contribution in [0.5, 0.6) is 5.75 Å². The fourth-order valence-electron chi connectivity index (χ4n) is 2.52. The van der Waals surface area contributed by atoms with Gasteiger partial charge >= 0.3 is 7.67 Å². The SMILES string of the molecule is NCOc1ccc([N+](=O)[O-])c(C(CCCO)OP(N)(=O)N(CCCl)CCCl)c1. The maximum atomic E-state index is 13.0. The van der Waals surface area contributed by atoms with Gasteiger partial charge in [0.2, 0.25) is 0 Å². The van der Waals surface area contributed by atoms with Crippen molar-refractivity contribution >= 4 is 36.6 Å². The summed E-state index contributed by atoms with van der Waals surface area (Å²) in [6.45, 7) is 0.00297. The number of hydrogen-bond donors (Lipinski definition) is 3. The largest absolute Gasteiger partial charge is 0.479 e. The van der Waals surface area contributed by atoms with E-state index >= 15 is 0 Å². The minimum absolute atomic E-state index is 0.117. The molecular weight excluding hydrogens is 434 g/mol. The third kappa shape index (κ3) is 7.46. The quantitative estimate of drug-likeness (QED) is 0.125. The van der Waals surface area contributed by atoms with E-state index in [2.05, 4.69) is 0 Å². The minimum Gasteiger partial charge on any atom is -0.479 e. The first-order valence-corrected chi connectivity index (χ1v) is 11.2. The van der Waals surface area contributed by atoms with Crippen molar-refractivity contribution in [2.75, 3.05) is 38.2 Å². The normalized spacial score (nSPS) is 14.6. The van der Waals surface area contributed by atoms with Crippen LogP contribution in [-0.2, 0) is 9.09 Å². The average molecular weight is 459 g/mol. The molecule has 28 heavy (non-hydrogen) atoms. The van der Waals surface area contributed by atoms with Crippen LogP contribution in [0.15, 0.2) is 18.2 Å². The van der Waals surface area contributed by atoms with Gasteiger partial charge in [-0.1, -0.05) is 0 Å². The molecular formula is C15H25Cl2N4O6P. The van der Waals surface area contributed by atoms with Gasteiger partial charge in [-0.2, -0.15) is 0 Å². The highest BCUT2D eigenvalue weighted by Gasteiger charge is 2.33. The molecule has 0 aliphatic carbocycles. The van der Waals surface area contributed by atoms with Crippen LogP contribution >= 0.6 is 30.9 Å². The number of alkyl halides is 2. The molecule has 0 spiro atoms. The summed E-state index contributed by atoms with van der Waals surface area (Å²) in [4.78, 5) is 10.9. The molecule has 0 aromatic heterocycles. The average Bonchev–Trinajstić information content (AvgIpc) is 2.65. The minimum atomic E-state index is -3.88. The Balaban J connectivity index is 3.31. The second-order valence-corrected chi connectivity index (χ2v) is 8.31. The number of halogens is 2. The van der Waals surface area contributed by atoms with Crippen molar-refractivity contribution in [2.24, 2.45) is 11.2 Å². The number of rotatable bonds is 14. The van der Waals surface area contributed by atoms with Gasteiger partial charge in [-0.15, -0.1) is 23.2 Å². The van der Waals surface area contributed by atoms with Crippen molar-refractivity contribution in [3.63, 3.8) is 0 Å². The lowest BCUT2D eigenvalue weighted by Crippen LogP contribution is -2.30. The summed E-state index contributed by atoms with van der Waals surface area (Å²) in [5.74, 6) is 0.566. The Morgan fingerprint density at radius 3 is 2.46 bits per heavy atom. The number of ether oxygens (including phenoxy) is 1. The Hall–Kier alpha value is -0.970. The maximum Gasteiger partial charge on any atom is 0.341 e. The highest BCUT2D eigenvalue weighted by atomic mass is 35.5. The van der Waals surface area contributed by atoms with E-state index < -0.39 is 18.7 Å². The summed E-state index contributed by atoms with van der Waals surface area (Å²) < 4.78 is 25.2. The molecule has 0 fully saturated rings. The lowest BCUT2D eigenvalue weighted by molar-refractivity contribution is -0.386. The second kappa shape index (κ2) is 12.6. The molecule has 0 amide bonds. The summed E-state index contributed by atoms with van der Waals surface area (Å²) in [5.41, 5.74) is 11.1. The number of aliphatic hydroxyl groups excluding tert-OH is 1. The van der Waals surface area contributed by atoms with E-state index in [0.717, 1.165) is 0 Å². The highest BCUT2D eigenvalue weighted by Crippen LogP contribution is 2.49. The number of nitrogens with zero attached hydrogens (tertiary/aromatic N) is 2. The van der Waals surface area contributed by atoms with Gasteiger partial charge in [0.25, 0.3) is 5.69 Å². The van der Waals surface area contributed by atoms with Crippen LogP contribution in [0.2, 0.25) is 0 Å². The van der Waals surface area contributed by atoms with Gasteiger partial charge in [0.05, 0.1) is 16.6 Å². The summed E-state index contributed by atoms with van der Waals surface area (Å²) in [6, 6.07) is 4.03. The van der Waals surface area contributed by atoms with E-state index in [0.29, 0.717) is 0 Å².